The third-order valence-electron chi connectivity index (χ3n) is 1.81. The van der Waals surface area contributed by atoms with Crippen molar-refractivity contribution in [2.45, 2.75) is 26.7 Å². The van der Waals surface area contributed by atoms with E-state index in [1.165, 1.54) is 0 Å². The molecule has 0 saturated heterocycles. The van der Waals surface area contributed by atoms with E-state index in [0.29, 0.717) is 6.42 Å². The van der Waals surface area contributed by atoms with Crippen LogP contribution in [0.3, 0.4) is 0 Å². The molecule has 0 aromatic rings. The molecule has 12 heavy (non-hydrogen) atoms. The van der Waals surface area contributed by atoms with E-state index in [4.69, 9.17) is 0 Å². The van der Waals surface area contributed by atoms with Crippen LogP contribution in [0, 0.1) is 0 Å². The Morgan fingerprint density at radius 3 is 2.75 bits per heavy atom. The van der Waals surface area contributed by atoms with E-state index in [2.05, 4.69) is 11.9 Å². The number of hydrogen-bond acceptors (Lipinski definition) is 1. The molecule has 66 valence electrons. The number of rotatable bonds is 2. The average Bonchev–Trinajstić information content (AvgIpc) is 1.96. The van der Waals surface area contributed by atoms with Gasteiger partial charge in [0.05, 0.1) is 0 Å². The highest BCUT2D eigenvalue weighted by Crippen LogP contribution is 2.23. The van der Waals surface area contributed by atoms with E-state index in [9.17, 15) is 4.39 Å². The molecule has 0 aliphatic heterocycles. The Morgan fingerprint density at radius 1 is 1.58 bits per heavy atom. The summed E-state index contributed by atoms with van der Waals surface area (Å²) in [6.45, 7) is 7.41. The van der Waals surface area contributed by atoms with Crippen LogP contribution in [0.4, 0.5) is 4.39 Å². The molecule has 1 rings (SSSR count). The lowest BCUT2D eigenvalue weighted by atomic mass is 10.0. The van der Waals surface area contributed by atoms with Gasteiger partial charge in [-0.3, -0.25) is 0 Å². The largest absolute Gasteiger partial charge is 0.363 e. The lowest BCUT2D eigenvalue weighted by Gasteiger charge is -2.15. The van der Waals surface area contributed by atoms with Crippen LogP contribution in [-0.2, 0) is 0 Å². The Kier molecular flexibility index (Phi) is 2.69. The molecule has 1 N–H and O–H groups in total. The monoisotopic (exact) mass is 167 g/mol. The van der Waals surface area contributed by atoms with Crippen molar-refractivity contribution in [1.29, 1.82) is 0 Å². The van der Waals surface area contributed by atoms with Gasteiger partial charge in [0.2, 0.25) is 0 Å². The van der Waals surface area contributed by atoms with Gasteiger partial charge in [0.15, 0.2) is 0 Å². The predicted molar refractivity (Wildman–Crippen MR) is 49.1 cm³/mol. The molecular weight excluding hydrogens is 153 g/mol. The first kappa shape index (κ1) is 9.04. The zero-order valence-electron chi connectivity index (χ0n) is 7.58. The van der Waals surface area contributed by atoms with Crippen molar-refractivity contribution in [3.8, 4) is 0 Å². The van der Waals surface area contributed by atoms with Gasteiger partial charge in [0, 0.05) is 17.8 Å². The molecule has 0 unspecified atom stereocenters. The zero-order valence-corrected chi connectivity index (χ0v) is 7.58. The first-order valence-electron chi connectivity index (χ1n) is 4.08. The van der Waals surface area contributed by atoms with Gasteiger partial charge in [0.25, 0.3) is 0 Å². The van der Waals surface area contributed by atoms with Crippen molar-refractivity contribution in [2.75, 3.05) is 0 Å². The minimum Gasteiger partial charge on any atom is -0.363 e. The second-order valence-corrected chi connectivity index (χ2v) is 3.16. The van der Waals surface area contributed by atoms with Crippen molar-refractivity contribution in [3.05, 3.63) is 35.4 Å². The maximum absolute atomic E-state index is 12.9. The summed E-state index contributed by atoms with van der Waals surface area (Å²) in [4.78, 5) is 0. The fourth-order valence-electron chi connectivity index (χ4n) is 1.23. The summed E-state index contributed by atoms with van der Waals surface area (Å²) in [6.07, 6.45) is 3.10. The molecule has 0 radical (unpaired) electrons. The molecule has 0 spiro atoms. The van der Waals surface area contributed by atoms with E-state index in [1.807, 2.05) is 13.0 Å². The minimum atomic E-state index is 0.00210. The van der Waals surface area contributed by atoms with Gasteiger partial charge < -0.3 is 5.32 Å². The van der Waals surface area contributed by atoms with E-state index in [0.717, 1.165) is 23.4 Å². The van der Waals surface area contributed by atoms with Gasteiger partial charge >= 0.3 is 0 Å². The van der Waals surface area contributed by atoms with Crippen LogP contribution in [-0.4, -0.2) is 0 Å². The molecule has 1 aliphatic carbocycles. The lowest BCUT2D eigenvalue weighted by Crippen LogP contribution is -2.12. The normalized spacial score (nSPS) is 17.4. The lowest BCUT2D eigenvalue weighted by molar-refractivity contribution is 0.565. The highest BCUT2D eigenvalue weighted by molar-refractivity contribution is 5.29. The van der Waals surface area contributed by atoms with E-state index >= 15 is 0 Å². The fourth-order valence-corrected chi connectivity index (χ4v) is 1.23. The number of halogens is 1. The van der Waals surface area contributed by atoms with Crippen LogP contribution >= 0.6 is 0 Å². The number of hydrogen-bond donors (Lipinski definition) is 1. The summed E-state index contributed by atoms with van der Waals surface area (Å²) in [5.41, 5.74) is 2.68. The van der Waals surface area contributed by atoms with Crippen LogP contribution in [0.2, 0.25) is 0 Å². The predicted octanol–water partition coefficient (Wildman–Crippen LogP) is 3.03. The molecule has 0 saturated carbocycles. The van der Waals surface area contributed by atoms with Gasteiger partial charge in [-0.15, -0.1) is 0 Å². The Labute approximate surface area is 72.7 Å². The quantitative estimate of drug-likeness (QED) is 0.666. The molecule has 0 heterocycles. The third-order valence-corrected chi connectivity index (χ3v) is 1.81. The number of nitrogens with one attached hydrogen (secondary N) is 1. The molecule has 0 aromatic carbocycles. The first-order valence-corrected chi connectivity index (χ1v) is 4.08. The Bertz CT molecular complexity index is 261. The fraction of sp³-hybridized carbons (Fsp3) is 0.400. The first-order chi connectivity index (χ1) is 5.59. The molecule has 1 aliphatic rings. The van der Waals surface area contributed by atoms with Crippen molar-refractivity contribution in [2.24, 2.45) is 0 Å². The van der Waals surface area contributed by atoms with Gasteiger partial charge in [-0.2, -0.15) is 0 Å². The van der Waals surface area contributed by atoms with E-state index in [1.54, 1.807) is 6.92 Å². The molecule has 0 bridgehead atoms. The molecule has 0 fully saturated rings. The van der Waals surface area contributed by atoms with Crippen LogP contribution in [0.1, 0.15) is 26.7 Å². The summed E-state index contributed by atoms with van der Waals surface area (Å²) in [5, 5.41) is 3.10. The SMILES string of the molecule is C=C(C)NC1=CC(C)=C(F)CC1. The zero-order chi connectivity index (χ0) is 9.14. The summed E-state index contributed by atoms with van der Waals surface area (Å²) in [5.74, 6) is 0.00210. The smallest absolute Gasteiger partial charge is 0.103 e. The second kappa shape index (κ2) is 3.57. The Balaban J connectivity index is 2.70. The van der Waals surface area contributed by atoms with Crippen LogP contribution in [0.5, 0.6) is 0 Å². The molecule has 2 heteroatoms. The van der Waals surface area contributed by atoms with Crippen molar-refractivity contribution >= 4 is 0 Å². The highest BCUT2D eigenvalue weighted by Gasteiger charge is 2.09. The average molecular weight is 167 g/mol. The molecule has 0 aromatic heterocycles. The van der Waals surface area contributed by atoms with Crippen LogP contribution in [0.15, 0.2) is 35.4 Å². The topological polar surface area (TPSA) is 12.0 Å². The van der Waals surface area contributed by atoms with Crippen LogP contribution < -0.4 is 5.32 Å². The summed E-state index contributed by atoms with van der Waals surface area (Å²) < 4.78 is 12.9. The van der Waals surface area contributed by atoms with E-state index < -0.39 is 0 Å². The molecule has 0 amide bonds. The van der Waals surface area contributed by atoms with Crippen LogP contribution in [0.25, 0.3) is 0 Å². The van der Waals surface area contributed by atoms with Gasteiger partial charge in [0.1, 0.15) is 5.83 Å². The van der Waals surface area contributed by atoms with Gasteiger partial charge in [-0.1, -0.05) is 6.58 Å². The van der Waals surface area contributed by atoms with Crippen molar-refractivity contribution in [1.82, 2.24) is 5.32 Å². The third kappa shape index (κ3) is 2.22. The van der Waals surface area contributed by atoms with Gasteiger partial charge in [-0.25, -0.2) is 4.39 Å². The number of allylic oxidation sites excluding steroid dienone is 5. The second-order valence-electron chi connectivity index (χ2n) is 3.16. The standard InChI is InChI=1S/C10H14FN/c1-7(2)12-9-4-5-10(11)8(3)6-9/h6,12H,1,4-5H2,2-3H3. The van der Waals surface area contributed by atoms with E-state index in [-0.39, 0.29) is 5.83 Å². The summed E-state index contributed by atoms with van der Waals surface area (Å²) in [7, 11) is 0. The highest BCUT2D eigenvalue weighted by atomic mass is 19.1. The molecule has 1 nitrogen and oxygen atoms in total. The molecular formula is C10H14FN. The van der Waals surface area contributed by atoms with Crippen molar-refractivity contribution < 1.29 is 4.39 Å². The maximum atomic E-state index is 12.9. The summed E-state index contributed by atoms with van der Waals surface area (Å²) in [6, 6.07) is 0. The minimum absolute atomic E-state index is 0.00210. The van der Waals surface area contributed by atoms with Gasteiger partial charge in [-0.05, 0) is 31.9 Å². The molecule has 0 atom stereocenters. The summed E-state index contributed by atoms with van der Waals surface area (Å²) >= 11 is 0. The Morgan fingerprint density at radius 2 is 2.25 bits per heavy atom. The Hall–Kier alpha value is -1.05. The maximum Gasteiger partial charge on any atom is 0.103 e. The van der Waals surface area contributed by atoms with Crippen molar-refractivity contribution in [3.63, 3.8) is 0 Å².